The quantitative estimate of drug-likeness (QED) is 0.665. The molecular weight excluding hydrogens is 220 g/mol. The number of unbranched alkanes of at least 4 members (excludes halogenated alkanes) is 1. The standard InChI is InChI=1S/C11H20N4O2/c1-3-4-7-17-8-5-6-12-11-13-10(16)9(2)14-15-11/h3-8H2,1-2H3,(H2,12,13,15,16). The molecule has 0 aromatic carbocycles. The number of rotatable bonds is 8. The van der Waals surface area contributed by atoms with Crippen molar-refractivity contribution in [1.82, 2.24) is 15.2 Å². The highest BCUT2D eigenvalue weighted by Crippen LogP contribution is 1.93. The van der Waals surface area contributed by atoms with Gasteiger partial charge in [-0.2, -0.15) is 0 Å². The molecule has 17 heavy (non-hydrogen) atoms. The van der Waals surface area contributed by atoms with Gasteiger partial charge >= 0.3 is 0 Å². The van der Waals surface area contributed by atoms with E-state index in [0.717, 1.165) is 32.5 Å². The molecule has 0 saturated carbocycles. The predicted molar refractivity (Wildman–Crippen MR) is 66.2 cm³/mol. The number of nitrogens with zero attached hydrogens (tertiary/aromatic N) is 2. The Morgan fingerprint density at radius 2 is 2.06 bits per heavy atom. The summed E-state index contributed by atoms with van der Waals surface area (Å²) in [7, 11) is 0. The lowest BCUT2D eigenvalue weighted by atomic mass is 10.4. The van der Waals surface area contributed by atoms with Crippen molar-refractivity contribution in [2.75, 3.05) is 25.1 Å². The zero-order valence-electron chi connectivity index (χ0n) is 10.5. The molecule has 2 N–H and O–H groups in total. The second kappa shape index (κ2) is 7.78. The van der Waals surface area contributed by atoms with Gasteiger partial charge in [-0.15, -0.1) is 10.2 Å². The van der Waals surface area contributed by atoms with Crippen LogP contribution in [-0.2, 0) is 4.74 Å². The number of aromatic nitrogens is 3. The van der Waals surface area contributed by atoms with Crippen molar-refractivity contribution in [2.45, 2.75) is 33.1 Å². The fourth-order valence-corrected chi connectivity index (χ4v) is 1.20. The molecule has 1 heterocycles. The van der Waals surface area contributed by atoms with Crippen molar-refractivity contribution >= 4 is 5.95 Å². The van der Waals surface area contributed by atoms with Gasteiger partial charge in [0.1, 0.15) is 5.69 Å². The van der Waals surface area contributed by atoms with E-state index < -0.39 is 0 Å². The van der Waals surface area contributed by atoms with E-state index in [2.05, 4.69) is 27.4 Å². The molecule has 6 heteroatoms. The number of ether oxygens (including phenoxy) is 1. The van der Waals surface area contributed by atoms with Crippen LogP contribution in [0.15, 0.2) is 4.79 Å². The molecule has 0 aliphatic carbocycles. The normalized spacial score (nSPS) is 10.5. The van der Waals surface area contributed by atoms with Gasteiger partial charge in [-0.1, -0.05) is 13.3 Å². The molecule has 0 unspecified atom stereocenters. The van der Waals surface area contributed by atoms with Crippen LogP contribution in [0.3, 0.4) is 0 Å². The summed E-state index contributed by atoms with van der Waals surface area (Å²) in [5.74, 6) is 0.411. The van der Waals surface area contributed by atoms with Gasteiger partial charge in [-0.05, 0) is 19.8 Å². The molecule has 0 aliphatic heterocycles. The maximum atomic E-state index is 11.2. The van der Waals surface area contributed by atoms with Crippen molar-refractivity contribution in [3.8, 4) is 0 Å². The summed E-state index contributed by atoms with van der Waals surface area (Å²) in [5.41, 5.74) is 0.167. The van der Waals surface area contributed by atoms with Gasteiger partial charge in [0.2, 0.25) is 5.95 Å². The first-order valence-electron chi connectivity index (χ1n) is 5.99. The molecule has 6 nitrogen and oxygen atoms in total. The fraction of sp³-hybridized carbons (Fsp3) is 0.727. The topological polar surface area (TPSA) is 79.9 Å². The molecule has 1 aromatic rings. The fourth-order valence-electron chi connectivity index (χ4n) is 1.20. The van der Waals surface area contributed by atoms with E-state index in [1.807, 2.05) is 0 Å². The first-order valence-corrected chi connectivity index (χ1v) is 5.99. The smallest absolute Gasteiger partial charge is 0.273 e. The van der Waals surface area contributed by atoms with Crippen LogP contribution in [0.5, 0.6) is 0 Å². The third kappa shape index (κ3) is 5.44. The lowest BCUT2D eigenvalue weighted by molar-refractivity contribution is 0.131. The van der Waals surface area contributed by atoms with Crippen molar-refractivity contribution in [3.63, 3.8) is 0 Å². The SMILES string of the molecule is CCCCOCCCNc1nnc(C)c(=O)[nH]1. The van der Waals surface area contributed by atoms with Gasteiger partial charge in [0.25, 0.3) is 5.56 Å². The number of anilines is 1. The zero-order valence-corrected chi connectivity index (χ0v) is 10.5. The molecule has 0 saturated heterocycles. The summed E-state index contributed by atoms with van der Waals surface area (Å²) in [4.78, 5) is 13.8. The molecule has 0 aliphatic rings. The highest BCUT2D eigenvalue weighted by atomic mass is 16.5. The predicted octanol–water partition coefficient (Wildman–Crippen LogP) is 1.09. The number of H-pyrrole nitrogens is 1. The molecule has 96 valence electrons. The Balaban J connectivity index is 2.14. The van der Waals surface area contributed by atoms with Crippen molar-refractivity contribution in [1.29, 1.82) is 0 Å². The van der Waals surface area contributed by atoms with Gasteiger partial charge in [0.15, 0.2) is 0 Å². The van der Waals surface area contributed by atoms with Crippen LogP contribution in [0.1, 0.15) is 31.9 Å². The van der Waals surface area contributed by atoms with E-state index in [1.54, 1.807) is 6.92 Å². The first-order chi connectivity index (χ1) is 8.24. The maximum absolute atomic E-state index is 11.2. The Morgan fingerprint density at radius 1 is 1.29 bits per heavy atom. The largest absolute Gasteiger partial charge is 0.381 e. The maximum Gasteiger partial charge on any atom is 0.273 e. The van der Waals surface area contributed by atoms with Crippen molar-refractivity contribution < 1.29 is 4.74 Å². The van der Waals surface area contributed by atoms with E-state index in [9.17, 15) is 4.79 Å². The van der Waals surface area contributed by atoms with Crippen LogP contribution in [0, 0.1) is 6.92 Å². The molecule has 0 bridgehead atoms. The number of aryl methyl sites for hydroxylation is 1. The molecule has 0 radical (unpaired) electrons. The average molecular weight is 240 g/mol. The summed E-state index contributed by atoms with van der Waals surface area (Å²) in [6.07, 6.45) is 3.13. The highest BCUT2D eigenvalue weighted by molar-refractivity contribution is 5.20. The highest BCUT2D eigenvalue weighted by Gasteiger charge is 1.98. The van der Waals surface area contributed by atoms with E-state index in [1.165, 1.54) is 0 Å². The Morgan fingerprint density at radius 3 is 2.76 bits per heavy atom. The van der Waals surface area contributed by atoms with Crippen molar-refractivity contribution in [3.05, 3.63) is 16.0 Å². The second-order valence-electron chi connectivity index (χ2n) is 3.83. The van der Waals surface area contributed by atoms with Crippen LogP contribution in [0.2, 0.25) is 0 Å². The van der Waals surface area contributed by atoms with Gasteiger partial charge in [0.05, 0.1) is 0 Å². The van der Waals surface area contributed by atoms with Crippen LogP contribution >= 0.6 is 0 Å². The zero-order chi connectivity index (χ0) is 12.5. The summed E-state index contributed by atoms with van der Waals surface area (Å²) < 4.78 is 5.41. The Bertz CT molecular complexity index is 378. The third-order valence-electron chi connectivity index (χ3n) is 2.26. The molecule has 0 spiro atoms. The minimum Gasteiger partial charge on any atom is -0.381 e. The number of hydrogen-bond donors (Lipinski definition) is 2. The lowest BCUT2D eigenvalue weighted by Gasteiger charge is -2.05. The van der Waals surface area contributed by atoms with Gasteiger partial charge in [-0.3, -0.25) is 9.78 Å². The van der Waals surface area contributed by atoms with E-state index in [0.29, 0.717) is 18.2 Å². The molecule has 0 amide bonds. The molecule has 1 rings (SSSR count). The number of aromatic amines is 1. The van der Waals surface area contributed by atoms with Crippen molar-refractivity contribution in [2.24, 2.45) is 0 Å². The van der Waals surface area contributed by atoms with Crippen LogP contribution < -0.4 is 10.9 Å². The molecule has 0 fully saturated rings. The van der Waals surface area contributed by atoms with E-state index >= 15 is 0 Å². The van der Waals surface area contributed by atoms with E-state index in [4.69, 9.17) is 4.74 Å². The van der Waals surface area contributed by atoms with Crippen LogP contribution in [0.25, 0.3) is 0 Å². The Labute approximate surface area is 101 Å². The first kappa shape index (κ1) is 13.6. The third-order valence-corrected chi connectivity index (χ3v) is 2.26. The van der Waals surface area contributed by atoms with Crippen LogP contribution in [-0.4, -0.2) is 34.9 Å². The number of nitrogens with one attached hydrogen (secondary N) is 2. The van der Waals surface area contributed by atoms with Gasteiger partial charge < -0.3 is 10.1 Å². The monoisotopic (exact) mass is 240 g/mol. The molecule has 1 aromatic heterocycles. The van der Waals surface area contributed by atoms with Gasteiger partial charge in [0, 0.05) is 19.8 Å². The summed E-state index contributed by atoms with van der Waals surface area (Å²) in [6.45, 7) is 6.00. The van der Waals surface area contributed by atoms with E-state index in [-0.39, 0.29) is 5.56 Å². The summed E-state index contributed by atoms with van der Waals surface area (Å²) >= 11 is 0. The number of hydrogen-bond acceptors (Lipinski definition) is 5. The molecule has 0 atom stereocenters. The Kier molecular flexibility index (Phi) is 6.24. The van der Waals surface area contributed by atoms with Crippen LogP contribution in [0.4, 0.5) is 5.95 Å². The Hall–Kier alpha value is -1.43. The summed E-state index contributed by atoms with van der Waals surface area (Å²) in [5, 5.41) is 10.6. The average Bonchev–Trinajstić information content (AvgIpc) is 2.32. The second-order valence-corrected chi connectivity index (χ2v) is 3.83. The minimum atomic E-state index is -0.207. The summed E-state index contributed by atoms with van der Waals surface area (Å²) in [6, 6.07) is 0. The molecular formula is C11H20N4O2. The lowest BCUT2D eigenvalue weighted by Crippen LogP contribution is -2.18. The van der Waals surface area contributed by atoms with Gasteiger partial charge in [-0.25, -0.2) is 0 Å². The minimum absolute atomic E-state index is 0.207.